The molecule has 0 aromatic heterocycles. The zero-order valence-electron chi connectivity index (χ0n) is 15.6. The highest BCUT2D eigenvalue weighted by Gasteiger charge is 2.26. The predicted octanol–water partition coefficient (Wildman–Crippen LogP) is 3.56. The van der Waals surface area contributed by atoms with Gasteiger partial charge in [0.1, 0.15) is 6.54 Å². The van der Waals surface area contributed by atoms with E-state index in [-0.39, 0.29) is 0 Å². The van der Waals surface area contributed by atoms with Crippen LogP contribution in [0.25, 0.3) is 0 Å². The summed E-state index contributed by atoms with van der Waals surface area (Å²) in [5.41, 5.74) is 0.736. The highest BCUT2D eigenvalue weighted by Crippen LogP contribution is 2.25. The van der Waals surface area contributed by atoms with Gasteiger partial charge in [0.2, 0.25) is 0 Å². The van der Waals surface area contributed by atoms with Crippen LogP contribution in [0.15, 0.2) is 24.3 Å². The first kappa shape index (κ1) is 21.7. The maximum absolute atomic E-state index is 12.2. The number of aliphatic carboxylic acids is 1. The summed E-state index contributed by atoms with van der Waals surface area (Å²) in [4.78, 5) is 34.3. The maximum atomic E-state index is 12.2. The van der Waals surface area contributed by atoms with Gasteiger partial charge in [0.25, 0.3) is 0 Å². The van der Waals surface area contributed by atoms with E-state index in [1.165, 1.54) is 24.2 Å². The lowest BCUT2D eigenvalue weighted by atomic mass is 10.2. The van der Waals surface area contributed by atoms with Crippen LogP contribution in [-0.2, 0) is 9.53 Å². The Morgan fingerprint density at radius 3 is 2.35 bits per heavy atom. The number of carbonyl (C=O) groups is 3. The molecule has 3 N–H and O–H groups in total. The van der Waals surface area contributed by atoms with E-state index >= 15 is 0 Å². The number of nitrogens with one attached hydrogen (secondary N) is 2. The number of hydrogen-bond donors (Lipinski definition) is 3. The van der Waals surface area contributed by atoms with Crippen molar-refractivity contribution in [1.82, 2.24) is 5.32 Å². The summed E-state index contributed by atoms with van der Waals surface area (Å²) in [5.74, 6) is -1.56. The van der Waals surface area contributed by atoms with Gasteiger partial charge in [-0.05, 0) is 24.2 Å². The quantitative estimate of drug-likeness (QED) is 0.425. The van der Waals surface area contributed by atoms with E-state index < -0.39 is 32.6 Å². The van der Waals surface area contributed by atoms with Gasteiger partial charge in [-0.1, -0.05) is 45.0 Å². The Kier molecular flexibility index (Phi) is 8.84. The van der Waals surface area contributed by atoms with Crippen LogP contribution in [-0.4, -0.2) is 44.3 Å². The number of esters is 1. The number of benzene rings is 1. The highest BCUT2D eigenvalue weighted by atomic mass is 28.3. The van der Waals surface area contributed by atoms with Gasteiger partial charge in [-0.2, -0.15) is 0 Å². The van der Waals surface area contributed by atoms with Gasteiger partial charge in [-0.3, -0.25) is 4.79 Å². The van der Waals surface area contributed by atoms with Crippen LogP contribution in [0.1, 0.15) is 31.1 Å². The lowest BCUT2D eigenvalue weighted by molar-refractivity contribution is -0.135. The number of carbonyl (C=O) groups excluding carboxylic acids is 2. The fraction of sp³-hybridized carbons (Fsp3) is 0.500. The van der Waals surface area contributed by atoms with Crippen molar-refractivity contribution in [3.05, 3.63) is 29.8 Å². The van der Waals surface area contributed by atoms with Crippen molar-refractivity contribution in [2.45, 2.75) is 44.9 Å². The van der Waals surface area contributed by atoms with E-state index in [0.29, 0.717) is 17.9 Å². The average Bonchev–Trinajstić information content (AvgIpc) is 2.64. The van der Waals surface area contributed by atoms with Crippen LogP contribution in [0.4, 0.5) is 10.5 Å². The van der Waals surface area contributed by atoms with E-state index in [2.05, 4.69) is 31.4 Å². The lowest BCUT2D eigenvalue weighted by Gasteiger charge is -2.27. The largest absolute Gasteiger partial charge is 0.480 e. The number of urea groups is 1. The molecule has 1 aromatic rings. The minimum Gasteiger partial charge on any atom is -0.480 e. The van der Waals surface area contributed by atoms with Crippen molar-refractivity contribution < 1.29 is 24.2 Å². The van der Waals surface area contributed by atoms with E-state index in [1.54, 1.807) is 18.2 Å². The van der Waals surface area contributed by atoms with E-state index in [4.69, 9.17) is 9.84 Å². The molecule has 144 valence electrons. The smallest absolute Gasteiger partial charge is 0.338 e. The number of carboxylic acids is 1. The molecule has 0 aliphatic carbocycles. The number of amides is 2. The van der Waals surface area contributed by atoms with Crippen LogP contribution in [0, 0.1) is 0 Å². The van der Waals surface area contributed by atoms with Crippen molar-refractivity contribution in [3.63, 3.8) is 0 Å². The number of carboxylic acid groups (broad SMARTS) is 1. The molecule has 0 spiro atoms. The molecular weight excluding hydrogens is 352 g/mol. The topological polar surface area (TPSA) is 105 Å². The Balaban J connectivity index is 2.59. The van der Waals surface area contributed by atoms with Crippen molar-refractivity contribution in [2.24, 2.45) is 0 Å². The monoisotopic (exact) mass is 380 g/mol. The molecule has 0 heterocycles. The summed E-state index contributed by atoms with van der Waals surface area (Å²) >= 11 is 0. The fourth-order valence-electron chi connectivity index (χ4n) is 2.78. The van der Waals surface area contributed by atoms with Crippen LogP contribution >= 0.6 is 0 Å². The molecule has 1 aromatic carbocycles. The van der Waals surface area contributed by atoms with Gasteiger partial charge in [0.05, 0.1) is 20.2 Å². The zero-order valence-corrected chi connectivity index (χ0v) is 16.6. The molecule has 0 aliphatic rings. The standard InChI is InChI=1S/C18H28N2O5Si/c1-4-26(5-2,6-3)11-10-25-17(23)14-8-7-9-15(12-14)20-18(24)19-13-16(21)22/h7-9,12H,4-6,10-11,13H2,1-3H3,(H,21,22)(H2,19,20,24). The Hall–Kier alpha value is -2.35. The normalized spacial score (nSPS) is 10.9. The lowest BCUT2D eigenvalue weighted by Crippen LogP contribution is -2.33. The molecule has 26 heavy (non-hydrogen) atoms. The third kappa shape index (κ3) is 6.87. The number of ether oxygens (including phenoxy) is 1. The minimum absolute atomic E-state index is 0.345. The molecule has 2 amide bonds. The molecule has 0 saturated heterocycles. The molecule has 0 aliphatic heterocycles. The highest BCUT2D eigenvalue weighted by molar-refractivity contribution is 6.79. The summed E-state index contributed by atoms with van der Waals surface area (Å²) < 4.78 is 5.42. The third-order valence-corrected chi connectivity index (χ3v) is 10.6. The molecule has 7 nitrogen and oxygen atoms in total. The first-order chi connectivity index (χ1) is 12.4. The number of rotatable bonds is 10. The SMILES string of the molecule is CC[Si](CC)(CC)CCOC(=O)c1cccc(NC(=O)NCC(=O)O)c1. The zero-order chi connectivity index (χ0) is 19.6. The molecule has 0 fully saturated rings. The molecule has 0 bridgehead atoms. The van der Waals surface area contributed by atoms with Crippen LogP contribution in [0.2, 0.25) is 24.2 Å². The Bertz CT molecular complexity index is 623. The summed E-state index contributed by atoms with van der Waals surface area (Å²) in [6.07, 6.45) is 0. The second kappa shape index (κ2) is 10.6. The van der Waals surface area contributed by atoms with Crippen molar-refractivity contribution in [2.75, 3.05) is 18.5 Å². The van der Waals surface area contributed by atoms with Gasteiger partial charge in [-0.15, -0.1) is 0 Å². The van der Waals surface area contributed by atoms with Gasteiger partial charge in [0, 0.05) is 5.69 Å². The van der Waals surface area contributed by atoms with Crippen molar-refractivity contribution >= 4 is 31.7 Å². The van der Waals surface area contributed by atoms with Gasteiger partial charge in [-0.25, -0.2) is 9.59 Å². The maximum Gasteiger partial charge on any atom is 0.338 e. The first-order valence-electron chi connectivity index (χ1n) is 8.89. The van der Waals surface area contributed by atoms with Crippen LogP contribution in [0.3, 0.4) is 0 Å². The van der Waals surface area contributed by atoms with E-state index in [1.807, 2.05) is 0 Å². The molecule has 0 unspecified atom stereocenters. The summed E-state index contributed by atoms with van der Waals surface area (Å²) in [6.45, 7) is 6.57. The fourth-order valence-corrected chi connectivity index (χ4v) is 5.87. The number of hydrogen-bond acceptors (Lipinski definition) is 4. The van der Waals surface area contributed by atoms with Crippen molar-refractivity contribution in [1.29, 1.82) is 0 Å². The van der Waals surface area contributed by atoms with E-state index in [0.717, 1.165) is 6.04 Å². The second-order valence-corrected chi connectivity index (χ2v) is 11.9. The Morgan fingerprint density at radius 1 is 1.12 bits per heavy atom. The van der Waals surface area contributed by atoms with Crippen LogP contribution < -0.4 is 10.6 Å². The number of anilines is 1. The van der Waals surface area contributed by atoms with Gasteiger partial charge < -0.3 is 20.5 Å². The van der Waals surface area contributed by atoms with Crippen LogP contribution in [0.5, 0.6) is 0 Å². The Labute approximate surface area is 155 Å². The first-order valence-corrected chi connectivity index (χ1v) is 11.7. The molecule has 0 saturated carbocycles. The Morgan fingerprint density at radius 2 is 1.77 bits per heavy atom. The molecule has 8 heteroatoms. The molecule has 0 atom stereocenters. The average molecular weight is 381 g/mol. The summed E-state index contributed by atoms with van der Waals surface area (Å²) in [7, 11) is -1.33. The van der Waals surface area contributed by atoms with E-state index in [9.17, 15) is 14.4 Å². The van der Waals surface area contributed by atoms with Gasteiger partial charge >= 0.3 is 18.0 Å². The third-order valence-electron chi connectivity index (χ3n) is 4.87. The minimum atomic E-state index is -1.33. The van der Waals surface area contributed by atoms with Crippen molar-refractivity contribution in [3.8, 4) is 0 Å². The van der Waals surface area contributed by atoms with Gasteiger partial charge in [0.15, 0.2) is 0 Å². The second-order valence-electron chi connectivity index (χ2n) is 6.23. The summed E-state index contributed by atoms with van der Waals surface area (Å²) in [6, 6.07) is 10.2. The molecular formula is C18H28N2O5Si. The molecule has 1 rings (SSSR count). The molecule has 0 radical (unpaired) electrons. The predicted molar refractivity (Wildman–Crippen MR) is 103 cm³/mol. The summed E-state index contributed by atoms with van der Waals surface area (Å²) in [5, 5.41) is 13.2.